The number of likely N-dealkylation sites (tertiary alicyclic amines) is 1. The molecule has 192 valence electrons. The predicted octanol–water partition coefficient (Wildman–Crippen LogP) is 5.38. The highest BCUT2D eigenvalue weighted by Gasteiger charge is 2.54. The summed E-state index contributed by atoms with van der Waals surface area (Å²) in [4.78, 5) is 26.2. The number of carbonyl (C=O) groups is 2. The molecule has 0 bridgehead atoms. The van der Waals surface area contributed by atoms with E-state index in [2.05, 4.69) is 28.4 Å². The van der Waals surface area contributed by atoms with Crippen LogP contribution in [-0.4, -0.2) is 49.8 Å². The number of rotatable bonds is 4. The fourth-order valence-electron chi connectivity index (χ4n) is 6.50. The van der Waals surface area contributed by atoms with Crippen LogP contribution in [0.4, 0.5) is 0 Å². The lowest BCUT2D eigenvalue weighted by molar-refractivity contribution is -0.149. The van der Waals surface area contributed by atoms with Gasteiger partial charge in [-0.1, -0.05) is 30.3 Å². The van der Waals surface area contributed by atoms with Crippen LogP contribution in [0.5, 0.6) is 0 Å². The first-order valence-corrected chi connectivity index (χ1v) is 13.1. The number of benzene rings is 2. The normalized spacial score (nSPS) is 17.9. The van der Waals surface area contributed by atoms with Gasteiger partial charge in [-0.25, -0.2) is 4.79 Å². The van der Waals surface area contributed by atoms with Crippen molar-refractivity contribution in [2.45, 2.75) is 39.3 Å². The van der Waals surface area contributed by atoms with E-state index in [1.54, 1.807) is 6.20 Å². The molecular weight excluding hydrogens is 502 g/mol. The molecule has 8 nitrogen and oxygen atoms in total. The van der Waals surface area contributed by atoms with Crippen LogP contribution in [0.2, 0.25) is 5.02 Å². The molecule has 1 saturated carbocycles. The average molecular weight is 528 g/mol. The Morgan fingerprint density at radius 2 is 2.03 bits per heavy atom. The molecule has 0 unspecified atom stereocenters. The van der Waals surface area contributed by atoms with Crippen molar-refractivity contribution in [2.75, 3.05) is 13.1 Å². The van der Waals surface area contributed by atoms with Gasteiger partial charge in [0.05, 0.1) is 28.3 Å². The molecule has 1 amide bonds. The van der Waals surface area contributed by atoms with E-state index in [4.69, 9.17) is 21.4 Å². The molecule has 2 aliphatic heterocycles. The minimum absolute atomic E-state index is 0.00716. The van der Waals surface area contributed by atoms with E-state index in [9.17, 15) is 9.59 Å². The highest BCUT2D eigenvalue weighted by molar-refractivity contribution is 6.36. The average Bonchev–Trinajstić information content (AvgIpc) is 3.56. The summed E-state index contributed by atoms with van der Waals surface area (Å²) >= 11 is 6.99. The van der Waals surface area contributed by atoms with E-state index in [0.29, 0.717) is 17.2 Å². The van der Waals surface area contributed by atoms with E-state index < -0.39 is 0 Å². The molecule has 0 radical (unpaired) electrons. The Hall–Kier alpha value is -3.91. The number of nitrogens with zero attached hydrogens (tertiary/aromatic N) is 4. The van der Waals surface area contributed by atoms with Crippen LogP contribution in [0.1, 0.15) is 46.1 Å². The highest BCUT2D eigenvalue weighted by Crippen LogP contribution is 2.55. The maximum Gasteiger partial charge on any atom is 0.338 e. The zero-order chi connectivity index (χ0) is 26.3. The third-order valence-corrected chi connectivity index (χ3v) is 8.94. The Morgan fingerprint density at radius 3 is 2.79 bits per heavy atom. The molecule has 0 atom stereocenters. The van der Waals surface area contributed by atoms with Gasteiger partial charge in [-0.15, -0.1) is 0 Å². The summed E-state index contributed by atoms with van der Waals surface area (Å²) in [5.41, 5.74) is 7.91. The van der Waals surface area contributed by atoms with Crippen LogP contribution in [0.3, 0.4) is 0 Å². The van der Waals surface area contributed by atoms with Crippen molar-refractivity contribution in [3.8, 4) is 22.4 Å². The van der Waals surface area contributed by atoms with Gasteiger partial charge in [-0.2, -0.15) is 10.2 Å². The van der Waals surface area contributed by atoms with Crippen LogP contribution in [0.25, 0.3) is 33.3 Å². The number of carbonyl (C=O) groups excluding carboxylic acids is 2. The first-order valence-electron chi connectivity index (χ1n) is 12.7. The maximum absolute atomic E-state index is 12.4. The summed E-state index contributed by atoms with van der Waals surface area (Å²) in [5, 5.41) is 14.1. The van der Waals surface area contributed by atoms with Crippen LogP contribution in [0.15, 0.2) is 43.1 Å². The molecule has 4 heterocycles. The molecule has 1 N–H and O–H groups in total. The van der Waals surface area contributed by atoms with Crippen LogP contribution in [-0.2, 0) is 16.1 Å². The Labute approximate surface area is 224 Å². The van der Waals surface area contributed by atoms with Gasteiger partial charge in [-0.3, -0.25) is 14.6 Å². The molecule has 1 spiro atoms. The van der Waals surface area contributed by atoms with Gasteiger partial charge in [0.1, 0.15) is 12.3 Å². The van der Waals surface area contributed by atoms with E-state index in [1.807, 2.05) is 36.1 Å². The zero-order valence-corrected chi connectivity index (χ0v) is 21.9. The number of aromatic nitrogens is 4. The number of fused-ring (bicyclic) bond motifs is 2. The van der Waals surface area contributed by atoms with Gasteiger partial charge >= 0.3 is 5.97 Å². The lowest BCUT2D eigenvalue weighted by atomic mass is 9.60. The van der Waals surface area contributed by atoms with E-state index in [0.717, 1.165) is 76.0 Å². The number of ether oxygens (including phenoxy) is 1. The molecule has 7 rings (SSSR count). The SMILES string of the molecule is C=CC(=O)N1CC2(CC(n3nc(-c4ccc5c(c4)C(=O)OC5)c(-c4c(Cl)c(C)cc5[nH]ncc45)c3C)C2)C1. The number of aryl methyl sites for hydroxylation is 1. The molecule has 1 saturated heterocycles. The fourth-order valence-corrected chi connectivity index (χ4v) is 6.75. The number of esters is 1. The number of hydrogen-bond donors (Lipinski definition) is 1. The Kier molecular flexibility index (Phi) is 4.92. The standard InChI is InChI=1S/C29H26ClN5O3/c1-4-23(36)34-13-29(14-34)9-19(10-29)35-16(3)24(25-21-11-31-32-22(21)7-15(2)26(25)30)27(33-35)17-5-6-18-12-38-28(37)20(18)8-17/h4-8,11,19H,1,9-10,12-14H2,2-3H3,(H,31,32). The number of H-pyrrole nitrogens is 1. The summed E-state index contributed by atoms with van der Waals surface area (Å²) in [7, 11) is 0. The summed E-state index contributed by atoms with van der Waals surface area (Å²) in [6.45, 7) is 9.50. The number of nitrogens with one attached hydrogen (secondary N) is 1. The topological polar surface area (TPSA) is 93.1 Å². The maximum atomic E-state index is 12.4. The van der Waals surface area contributed by atoms with Gasteiger partial charge < -0.3 is 9.64 Å². The van der Waals surface area contributed by atoms with Crippen molar-refractivity contribution in [1.29, 1.82) is 0 Å². The van der Waals surface area contributed by atoms with Gasteiger partial charge in [0.2, 0.25) is 5.91 Å². The predicted molar refractivity (Wildman–Crippen MR) is 144 cm³/mol. The molecule has 4 aromatic rings. The molecule has 2 aromatic heterocycles. The van der Waals surface area contributed by atoms with Crippen molar-refractivity contribution in [3.05, 3.63) is 70.5 Å². The summed E-state index contributed by atoms with van der Waals surface area (Å²) in [6.07, 6.45) is 5.09. The van der Waals surface area contributed by atoms with Gasteiger partial charge in [0.25, 0.3) is 0 Å². The van der Waals surface area contributed by atoms with E-state index in [-0.39, 0.29) is 23.3 Å². The lowest BCUT2D eigenvalue weighted by Gasteiger charge is -2.58. The van der Waals surface area contributed by atoms with Crippen molar-refractivity contribution in [3.63, 3.8) is 0 Å². The van der Waals surface area contributed by atoms with Crippen molar-refractivity contribution < 1.29 is 14.3 Å². The number of amides is 1. The Balaban J connectivity index is 1.35. The van der Waals surface area contributed by atoms with Crippen LogP contribution >= 0.6 is 11.6 Å². The summed E-state index contributed by atoms with van der Waals surface area (Å²) in [5.74, 6) is -0.317. The van der Waals surface area contributed by atoms with Crippen LogP contribution in [0, 0.1) is 19.3 Å². The minimum atomic E-state index is -0.310. The molecular formula is C29H26ClN5O3. The first kappa shape index (κ1) is 23.2. The lowest BCUT2D eigenvalue weighted by Crippen LogP contribution is -2.63. The molecule has 1 aliphatic carbocycles. The molecule has 3 aliphatic rings. The second kappa shape index (κ2) is 8.04. The Morgan fingerprint density at radius 1 is 1.24 bits per heavy atom. The number of halogens is 1. The minimum Gasteiger partial charge on any atom is -0.457 e. The second-order valence-electron chi connectivity index (χ2n) is 10.9. The van der Waals surface area contributed by atoms with Crippen molar-refractivity contribution in [2.24, 2.45) is 5.41 Å². The largest absolute Gasteiger partial charge is 0.457 e. The molecule has 2 aromatic carbocycles. The third-order valence-electron chi connectivity index (χ3n) is 8.45. The number of aromatic amines is 1. The molecule has 38 heavy (non-hydrogen) atoms. The summed E-state index contributed by atoms with van der Waals surface area (Å²) < 4.78 is 7.36. The number of hydrogen-bond acceptors (Lipinski definition) is 5. The van der Waals surface area contributed by atoms with Crippen LogP contribution < -0.4 is 0 Å². The first-order chi connectivity index (χ1) is 18.3. The monoisotopic (exact) mass is 527 g/mol. The van der Waals surface area contributed by atoms with E-state index >= 15 is 0 Å². The number of cyclic esters (lactones) is 1. The fraction of sp³-hybridized carbons (Fsp3) is 0.310. The molecule has 9 heteroatoms. The zero-order valence-electron chi connectivity index (χ0n) is 21.2. The molecule has 2 fully saturated rings. The highest BCUT2D eigenvalue weighted by atomic mass is 35.5. The smallest absolute Gasteiger partial charge is 0.338 e. The van der Waals surface area contributed by atoms with E-state index in [1.165, 1.54) is 6.08 Å². The quantitative estimate of drug-likeness (QED) is 0.284. The van der Waals surface area contributed by atoms with Crippen molar-refractivity contribution >= 4 is 34.4 Å². The van der Waals surface area contributed by atoms with Gasteiger partial charge in [-0.05, 0) is 50.5 Å². The summed E-state index contributed by atoms with van der Waals surface area (Å²) in [6, 6.07) is 8.04. The van der Waals surface area contributed by atoms with Crippen molar-refractivity contribution in [1.82, 2.24) is 24.9 Å². The Bertz CT molecular complexity index is 1690. The second-order valence-corrected chi connectivity index (χ2v) is 11.3. The van der Waals surface area contributed by atoms with Gasteiger partial charge in [0, 0.05) is 51.8 Å². The van der Waals surface area contributed by atoms with Gasteiger partial charge in [0.15, 0.2) is 0 Å². The third kappa shape index (κ3) is 3.22.